The summed E-state index contributed by atoms with van der Waals surface area (Å²) in [5.41, 5.74) is 0. The predicted octanol–water partition coefficient (Wildman–Crippen LogP) is 2.72. The van der Waals surface area contributed by atoms with Crippen molar-refractivity contribution in [1.82, 2.24) is 0 Å². The van der Waals surface area contributed by atoms with Gasteiger partial charge < -0.3 is 0 Å². The standard InChI is InChI=1S/C8H18.O.Sn/c1-4-6-7-8(3)5-2;;/h8H,4-7H2,1-3H3;;. The van der Waals surface area contributed by atoms with Gasteiger partial charge in [-0.1, -0.05) is 46.5 Å². The quantitative estimate of drug-likeness (QED) is 0.700. The van der Waals surface area contributed by atoms with Crippen LogP contribution < -0.4 is 0 Å². The van der Waals surface area contributed by atoms with Gasteiger partial charge in [0.2, 0.25) is 0 Å². The Morgan fingerprint density at radius 2 is 1.80 bits per heavy atom. The number of rotatable bonds is 4. The molecule has 1 nitrogen and oxygen atoms in total. The molecule has 10 heavy (non-hydrogen) atoms. The van der Waals surface area contributed by atoms with Crippen molar-refractivity contribution in [3.8, 4) is 0 Å². The monoisotopic (exact) mass is 250 g/mol. The Bertz CT molecular complexity index is 57.2. The first-order valence-corrected chi connectivity index (χ1v) is 5.18. The summed E-state index contributed by atoms with van der Waals surface area (Å²) in [5, 5.41) is 0. The van der Waals surface area contributed by atoms with Crippen LogP contribution in [0, 0.1) is 5.92 Å². The molecule has 0 N–H and O–H groups in total. The number of hydrogen-bond acceptors (Lipinski definition) is 1. The summed E-state index contributed by atoms with van der Waals surface area (Å²) in [4.78, 5) is 0. The van der Waals surface area contributed by atoms with Crippen molar-refractivity contribution in [3.63, 3.8) is 0 Å². The van der Waals surface area contributed by atoms with E-state index in [-0.39, 0.29) is 0 Å². The SMILES string of the molecule is CCCCC(C)CC.[O]=[Sn]. The van der Waals surface area contributed by atoms with Crippen LogP contribution >= 0.6 is 0 Å². The minimum atomic E-state index is 0.300. The normalized spacial score (nSPS) is 11.5. The summed E-state index contributed by atoms with van der Waals surface area (Å²) in [5.74, 6) is 0.954. The molecular formula is C8H18OSn. The van der Waals surface area contributed by atoms with Gasteiger partial charge in [-0.15, -0.1) is 0 Å². The molecule has 0 saturated carbocycles. The van der Waals surface area contributed by atoms with Crippen LogP contribution in [-0.2, 0) is 3.08 Å². The Hall–Kier alpha value is 0.599. The Morgan fingerprint density at radius 3 is 2.10 bits per heavy atom. The maximum absolute atomic E-state index is 8.34. The van der Waals surface area contributed by atoms with Crippen molar-refractivity contribution in [2.45, 2.75) is 46.5 Å². The molecule has 1 unspecified atom stereocenters. The van der Waals surface area contributed by atoms with Gasteiger partial charge in [-0.3, -0.25) is 0 Å². The van der Waals surface area contributed by atoms with Gasteiger partial charge in [0.15, 0.2) is 0 Å². The van der Waals surface area contributed by atoms with Gasteiger partial charge in [0, 0.05) is 0 Å². The Morgan fingerprint density at radius 1 is 1.30 bits per heavy atom. The average Bonchev–Trinajstić information content (AvgIpc) is 2.04. The summed E-state index contributed by atoms with van der Waals surface area (Å²) in [6, 6.07) is 0. The molecule has 0 heterocycles. The minimum absolute atomic E-state index is 0.300. The van der Waals surface area contributed by atoms with Crippen LogP contribution in [0.25, 0.3) is 0 Å². The van der Waals surface area contributed by atoms with E-state index in [1.54, 1.807) is 0 Å². The third-order valence-corrected chi connectivity index (χ3v) is 1.75. The third-order valence-electron chi connectivity index (χ3n) is 1.75. The van der Waals surface area contributed by atoms with Crippen LogP contribution in [0.15, 0.2) is 0 Å². The van der Waals surface area contributed by atoms with Gasteiger partial charge in [0.1, 0.15) is 0 Å². The summed E-state index contributed by atoms with van der Waals surface area (Å²) in [6.07, 6.45) is 5.53. The zero-order valence-electron chi connectivity index (χ0n) is 7.31. The van der Waals surface area contributed by atoms with Crippen molar-refractivity contribution >= 4 is 22.5 Å². The fourth-order valence-electron chi connectivity index (χ4n) is 0.757. The van der Waals surface area contributed by atoms with Gasteiger partial charge in [-0.2, -0.15) is 0 Å². The van der Waals surface area contributed by atoms with E-state index in [1.807, 2.05) is 0 Å². The van der Waals surface area contributed by atoms with E-state index in [0.717, 1.165) is 5.92 Å². The average molecular weight is 249 g/mol. The summed E-state index contributed by atoms with van der Waals surface area (Å²) in [6.45, 7) is 6.85. The van der Waals surface area contributed by atoms with Crippen LogP contribution in [0.3, 0.4) is 0 Å². The second-order valence-corrected chi connectivity index (χ2v) is 2.66. The topological polar surface area (TPSA) is 17.1 Å². The van der Waals surface area contributed by atoms with Crippen molar-refractivity contribution in [1.29, 1.82) is 0 Å². The third kappa shape index (κ3) is 11.4. The van der Waals surface area contributed by atoms with E-state index in [1.165, 1.54) is 25.7 Å². The molecule has 0 aliphatic heterocycles. The molecule has 2 heteroatoms. The molecule has 1 atom stereocenters. The van der Waals surface area contributed by atoms with E-state index < -0.39 is 0 Å². The van der Waals surface area contributed by atoms with Gasteiger partial charge in [0.05, 0.1) is 0 Å². The zero-order valence-corrected chi connectivity index (χ0v) is 10.2. The summed E-state index contributed by atoms with van der Waals surface area (Å²) < 4.78 is 8.34. The molecule has 0 aromatic carbocycles. The predicted molar refractivity (Wildman–Crippen MR) is 45.4 cm³/mol. The molecule has 0 saturated heterocycles. The van der Waals surface area contributed by atoms with Crippen molar-refractivity contribution in [2.75, 3.05) is 0 Å². The molecule has 0 fully saturated rings. The van der Waals surface area contributed by atoms with Crippen LogP contribution in [0.1, 0.15) is 46.5 Å². The fraction of sp³-hybridized carbons (Fsp3) is 1.00. The Kier molecular flexibility index (Phi) is 16.2. The molecule has 0 aromatic heterocycles. The summed E-state index contributed by atoms with van der Waals surface area (Å²) >= 11 is 0.300. The van der Waals surface area contributed by atoms with Crippen LogP contribution in [0.5, 0.6) is 0 Å². The van der Waals surface area contributed by atoms with E-state index in [0.29, 0.717) is 22.5 Å². The molecule has 0 aliphatic carbocycles. The van der Waals surface area contributed by atoms with E-state index in [2.05, 4.69) is 20.8 Å². The van der Waals surface area contributed by atoms with Gasteiger partial charge in [-0.05, 0) is 5.92 Å². The number of hydrogen-bond donors (Lipinski definition) is 0. The molecule has 0 spiro atoms. The molecule has 60 valence electrons. The molecule has 0 rings (SSSR count). The first-order valence-electron chi connectivity index (χ1n) is 4.01. The summed E-state index contributed by atoms with van der Waals surface area (Å²) in [7, 11) is 0. The van der Waals surface area contributed by atoms with E-state index in [4.69, 9.17) is 3.08 Å². The first-order chi connectivity index (χ1) is 4.81. The van der Waals surface area contributed by atoms with Crippen LogP contribution in [0.2, 0.25) is 0 Å². The second kappa shape index (κ2) is 12.3. The van der Waals surface area contributed by atoms with E-state index >= 15 is 0 Å². The van der Waals surface area contributed by atoms with E-state index in [9.17, 15) is 0 Å². The second-order valence-electron chi connectivity index (χ2n) is 2.66. The van der Waals surface area contributed by atoms with Crippen LogP contribution in [0.4, 0.5) is 0 Å². The Labute approximate surface area is 78.1 Å². The van der Waals surface area contributed by atoms with Crippen molar-refractivity contribution < 1.29 is 3.08 Å². The van der Waals surface area contributed by atoms with Crippen molar-refractivity contribution in [2.24, 2.45) is 5.92 Å². The van der Waals surface area contributed by atoms with Crippen LogP contribution in [-0.4, -0.2) is 22.5 Å². The fourth-order valence-corrected chi connectivity index (χ4v) is 0.757. The molecule has 0 bridgehead atoms. The van der Waals surface area contributed by atoms with Crippen molar-refractivity contribution in [3.05, 3.63) is 0 Å². The molecular weight excluding hydrogens is 231 g/mol. The molecule has 0 aliphatic rings. The first kappa shape index (κ1) is 13.2. The molecule has 0 aromatic rings. The van der Waals surface area contributed by atoms with Gasteiger partial charge >= 0.3 is 25.6 Å². The Balaban J connectivity index is 0. The molecule has 2 radical (unpaired) electrons. The maximum atomic E-state index is 8.34. The van der Waals surface area contributed by atoms with Gasteiger partial charge in [-0.25, -0.2) is 0 Å². The van der Waals surface area contributed by atoms with Gasteiger partial charge in [0.25, 0.3) is 0 Å². The zero-order chi connectivity index (χ0) is 8.41. The molecule has 0 amide bonds. The number of unbranched alkanes of at least 4 members (excludes halogenated alkanes) is 1.